The minimum atomic E-state index is -1.09. The Bertz CT molecular complexity index is 577. The van der Waals surface area contributed by atoms with Gasteiger partial charge in [0.25, 0.3) is 5.56 Å². The van der Waals surface area contributed by atoms with Crippen molar-refractivity contribution < 1.29 is 9.90 Å². The molecule has 0 radical (unpaired) electrons. The Morgan fingerprint density at radius 1 is 1.25 bits per heavy atom. The van der Waals surface area contributed by atoms with Crippen molar-refractivity contribution in [3.63, 3.8) is 0 Å². The normalized spacial score (nSPS) is 10.0. The van der Waals surface area contributed by atoms with Crippen LogP contribution in [0, 0.1) is 0 Å². The van der Waals surface area contributed by atoms with Gasteiger partial charge in [0, 0.05) is 12.3 Å². The SMILES string of the molecule is O=C(O)c1ccc(=O)n(-c2cncnc2)c1. The lowest BCUT2D eigenvalue weighted by molar-refractivity contribution is 0.0696. The summed E-state index contributed by atoms with van der Waals surface area (Å²) in [7, 11) is 0. The Kier molecular flexibility index (Phi) is 2.47. The molecule has 80 valence electrons. The molecular formula is C10H7N3O3. The second kappa shape index (κ2) is 3.93. The van der Waals surface area contributed by atoms with E-state index in [0.29, 0.717) is 5.69 Å². The van der Waals surface area contributed by atoms with Gasteiger partial charge in [0.1, 0.15) is 6.33 Å². The molecule has 2 aromatic rings. The van der Waals surface area contributed by atoms with E-state index in [1.54, 1.807) is 0 Å². The van der Waals surface area contributed by atoms with E-state index in [9.17, 15) is 9.59 Å². The number of carbonyl (C=O) groups is 1. The molecule has 0 spiro atoms. The van der Waals surface area contributed by atoms with E-state index in [4.69, 9.17) is 5.11 Å². The standard InChI is InChI=1S/C10H7N3O3/c14-9-2-1-7(10(15)16)5-13(9)8-3-11-6-12-4-8/h1-6H,(H,15,16). The summed E-state index contributed by atoms with van der Waals surface area (Å²) in [5, 5.41) is 8.80. The van der Waals surface area contributed by atoms with E-state index in [1.165, 1.54) is 41.6 Å². The lowest BCUT2D eigenvalue weighted by atomic mass is 10.3. The van der Waals surface area contributed by atoms with Crippen LogP contribution < -0.4 is 5.56 Å². The average molecular weight is 217 g/mol. The van der Waals surface area contributed by atoms with Crippen molar-refractivity contribution in [3.05, 3.63) is 53.0 Å². The molecule has 2 aromatic heterocycles. The third-order valence-electron chi connectivity index (χ3n) is 1.98. The second-order valence-corrected chi connectivity index (χ2v) is 3.03. The summed E-state index contributed by atoms with van der Waals surface area (Å²) >= 11 is 0. The first kappa shape index (κ1) is 10.0. The van der Waals surface area contributed by atoms with Crippen LogP contribution in [0.4, 0.5) is 0 Å². The van der Waals surface area contributed by atoms with Gasteiger partial charge in [-0.15, -0.1) is 0 Å². The summed E-state index contributed by atoms with van der Waals surface area (Å²) in [6.45, 7) is 0. The van der Waals surface area contributed by atoms with Gasteiger partial charge >= 0.3 is 5.97 Å². The van der Waals surface area contributed by atoms with E-state index in [2.05, 4.69) is 9.97 Å². The van der Waals surface area contributed by atoms with Crippen LogP contribution in [0.5, 0.6) is 0 Å². The van der Waals surface area contributed by atoms with Crippen LogP contribution in [0.2, 0.25) is 0 Å². The number of pyridine rings is 1. The summed E-state index contributed by atoms with van der Waals surface area (Å²) in [5.74, 6) is -1.09. The third-order valence-corrected chi connectivity index (χ3v) is 1.98. The number of nitrogens with zero attached hydrogens (tertiary/aromatic N) is 3. The van der Waals surface area contributed by atoms with Crippen LogP contribution in [-0.2, 0) is 0 Å². The first-order valence-electron chi connectivity index (χ1n) is 4.40. The Morgan fingerprint density at radius 3 is 2.56 bits per heavy atom. The smallest absolute Gasteiger partial charge is 0.337 e. The first-order chi connectivity index (χ1) is 7.68. The maximum atomic E-state index is 11.5. The molecular weight excluding hydrogens is 210 g/mol. The lowest BCUT2D eigenvalue weighted by Gasteiger charge is -2.04. The highest BCUT2D eigenvalue weighted by molar-refractivity contribution is 5.87. The van der Waals surface area contributed by atoms with E-state index in [-0.39, 0.29) is 11.1 Å². The molecule has 6 nitrogen and oxygen atoms in total. The zero-order valence-electron chi connectivity index (χ0n) is 8.07. The molecule has 6 heteroatoms. The molecule has 0 amide bonds. The van der Waals surface area contributed by atoms with Gasteiger partial charge in [-0.05, 0) is 6.07 Å². The Balaban J connectivity index is 2.61. The predicted molar refractivity (Wildman–Crippen MR) is 54.6 cm³/mol. The fourth-order valence-electron chi connectivity index (χ4n) is 1.23. The minimum Gasteiger partial charge on any atom is -0.478 e. The Morgan fingerprint density at radius 2 is 1.94 bits per heavy atom. The number of aromatic nitrogens is 3. The number of hydrogen-bond donors (Lipinski definition) is 1. The van der Waals surface area contributed by atoms with E-state index >= 15 is 0 Å². The van der Waals surface area contributed by atoms with Crippen LogP contribution in [0.3, 0.4) is 0 Å². The molecule has 2 heterocycles. The van der Waals surface area contributed by atoms with Crippen molar-refractivity contribution in [1.82, 2.24) is 14.5 Å². The molecule has 0 fully saturated rings. The molecule has 0 atom stereocenters. The van der Waals surface area contributed by atoms with Gasteiger partial charge in [0.15, 0.2) is 0 Å². The highest BCUT2D eigenvalue weighted by atomic mass is 16.4. The van der Waals surface area contributed by atoms with E-state index in [1.807, 2.05) is 0 Å². The number of aromatic carboxylic acids is 1. The molecule has 0 aromatic carbocycles. The number of hydrogen-bond acceptors (Lipinski definition) is 4. The molecule has 0 aliphatic heterocycles. The Hall–Kier alpha value is -2.50. The van der Waals surface area contributed by atoms with Crippen LogP contribution in [0.1, 0.15) is 10.4 Å². The molecule has 1 N–H and O–H groups in total. The van der Waals surface area contributed by atoms with Gasteiger partial charge in [0.2, 0.25) is 0 Å². The van der Waals surface area contributed by atoms with Crippen molar-refractivity contribution in [2.75, 3.05) is 0 Å². The zero-order valence-corrected chi connectivity index (χ0v) is 8.07. The van der Waals surface area contributed by atoms with Crippen LogP contribution in [0.25, 0.3) is 5.69 Å². The quantitative estimate of drug-likeness (QED) is 0.783. The molecule has 0 aliphatic carbocycles. The minimum absolute atomic E-state index is 0.0310. The van der Waals surface area contributed by atoms with Crippen molar-refractivity contribution in [2.45, 2.75) is 0 Å². The molecule has 16 heavy (non-hydrogen) atoms. The summed E-state index contributed by atoms with van der Waals surface area (Å²) in [6, 6.07) is 2.45. The van der Waals surface area contributed by atoms with E-state index < -0.39 is 5.97 Å². The van der Waals surface area contributed by atoms with Crippen LogP contribution in [-0.4, -0.2) is 25.6 Å². The highest BCUT2D eigenvalue weighted by Crippen LogP contribution is 2.02. The van der Waals surface area contributed by atoms with E-state index in [0.717, 1.165) is 0 Å². The lowest BCUT2D eigenvalue weighted by Crippen LogP contribution is -2.18. The first-order valence-corrected chi connectivity index (χ1v) is 4.40. The fourth-order valence-corrected chi connectivity index (χ4v) is 1.23. The highest BCUT2D eigenvalue weighted by Gasteiger charge is 2.06. The molecule has 0 saturated carbocycles. The fraction of sp³-hybridized carbons (Fsp3) is 0. The summed E-state index contributed by atoms with van der Waals surface area (Å²) < 4.78 is 1.18. The summed E-state index contributed by atoms with van der Waals surface area (Å²) in [4.78, 5) is 29.8. The number of carboxylic acid groups (broad SMARTS) is 1. The van der Waals surface area contributed by atoms with Crippen LogP contribution >= 0.6 is 0 Å². The van der Waals surface area contributed by atoms with Crippen molar-refractivity contribution in [3.8, 4) is 5.69 Å². The van der Waals surface area contributed by atoms with Gasteiger partial charge in [-0.2, -0.15) is 0 Å². The monoisotopic (exact) mass is 217 g/mol. The van der Waals surface area contributed by atoms with Crippen molar-refractivity contribution in [2.24, 2.45) is 0 Å². The van der Waals surface area contributed by atoms with Gasteiger partial charge < -0.3 is 5.11 Å². The molecule has 2 rings (SSSR count). The predicted octanol–water partition coefficient (Wildman–Crippen LogP) is 0.326. The maximum absolute atomic E-state index is 11.5. The third kappa shape index (κ3) is 1.81. The summed E-state index contributed by atoms with van der Waals surface area (Å²) in [6.07, 6.45) is 5.43. The van der Waals surface area contributed by atoms with Gasteiger partial charge in [-0.1, -0.05) is 0 Å². The second-order valence-electron chi connectivity index (χ2n) is 3.03. The average Bonchev–Trinajstić information content (AvgIpc) is 2.30. The van der Waals surface area contributed by atoms with Gasteiger partial charge in [-0.25, -0.2) is 14.8 Å². The van der Waals surface area contributed by atoms with Crippen molar-refractivity contribution in [1.29, 1.82) is 0 Å². The largest absolute Gasteiger partial charge is 0.478 e. The number of carboxylic acids is 1. The van der Waals surface area contributed by atoms with Crippen molar-refractivity contribution >= 4 is 5.97 Å². The molecule has 0 saturated heterocycles. The summed E-state index contributed by atoms with van der Waals surface area (Å²) in [5.41, 5.74) is 0.124. The van der Waals surface area contributed by atoms with Crippen LogP contribution in [0.15, 0.2) is 41.8 Å². The van der Waals surface area contributed by atoms with Gasteiger partial charge in [0.05, 0.1) is 23.6 Å². The zero-order chi connectivity index (χ0) is 11.5. The maximum Gasteiger partial charge on any atom is 0.337 e. The number of rotatable bonds is 2. The molecule has 0 unspecified atom stereocenters. The Labute approximate surface area is 89.8 Å². The topological polar surface area (TPSA) is 85.1 Å². The van der Waals surface area contributed by atoms with Gasteiger partial charge in [-0.3, -0.25) is 9.36 Å². The molecule has 0 bridgehead atoms. The molecule has 0 aliphatic rings.